The highest BCUT2D eigenvalue weighted by Gasteiger charge is 2.66. The fourth-order valence-electron chi connectivity index (χ4n) is 5.34. The molecule has 2 aromatic rings. The molecule has 0 unspecified atom stereocenters. The first-order chi connectivity index (χ1) is 15.2. The van der Waals surface area contributed by atoms with Crippen molar-refractivity contribution < 1.29 is 23.9 Å². The number of likely N-dealkylation sites (N-methyl/N-ethyl adjacent to an activating group) is 1. The number of carbonyl (C=O) groups is 3. The van der Waals surface area contributed by atoms with Crippen molar-refractivity contribution >= 4 is 23.2 Å². The Bertz CT molecular complexity index is 1210. The van der Waals surface area contributed by atoms with Crippen LogP contribution in [0.4, 0.5) is 5.69 Å². The first-order valence-corrected chi connectivity index (χ1v) is 10.7. The lowest BCUT2D eigenvalue weighted by Crippen LogP contribution is -2.47. The van der Waals surface area contributed by atoms with E-state index in [1.807, 2.05) is 38.1 Å². The lowest BCUT2D eigenvalue weighted by Gasteiger charge is -2.30. The maximum Gasteiger partial charge on any atom is 0.276 e. The van der Waals surface area contributed by atoms with Crippen LogP contribution in [-0.2, 0) is 19.9 Å². The third kappa shape index (κ3) is 2.68. The smallest absolute Gasteiger partial charge is 0.276 e. The van der Waals surface area contributed by atoms with Gasteiger partial charge in [0.2, 0.25) is 5.60 Å². The molecule has 3 aliphatic rings. The Labute approximate surface area is 186 Å². The number of hydrogen-bond donors (Lipinski definition) is 0. The Morgan fingerprint density at radius 3 is 2.59 bits per heavy atom. The summed E-state index contributed by atoms with van der Waals surface area (Å²) in [5, 5.41) is 0. The van der Waals surface area contributed by atoms with Crippen LogP contribution in [-0.4, -0.2) is 31.6 Å². The van der Waals surface area contributed by atoms with Crippen LogP contribution in [0.1, 0.15) is 42.6 Å². The first-order valence-electron chi connectivity index (χ1n) is 10.7. The van der Waals surface area contributed by atoms with Crippen molar-refractivity contribution in [2.75, 3.05) is 19.1 Å². The largest absolute Gasteiger partial charge is 0.497 e. The minimum Gasteiger partial charge on any atom is -0.497 e. The Morgan fingerprint density at radius 1 is 1.09 bits per heavy atom. The van der Waals surface area contributed by atoms with Crippen LogP contribution in [0.25, 0.3) is 0 Å². The number of fused-ring (bicyclic) bond motifs is 2. The normalized spacial score (nSPS) is 25.6. The van der Waals surface area contributed by atoms with E-state index >= 15 is 0 Å². The van der Waals surface area contributed by atoms with Gasteiger partial charge in [-0.3, -0.25) is 14.4 Å². The minimum atomic E-state index is -1.58. The Hall–Kier alpha value is -3.41. The van der Waals surface area contributed by atoms with Crippen LogP contribution in [0.3, 0.4) is 0 Å². The van der Waals surface area contributed by atoms with E-state index in [0.717, 1.165) is 0 Å². The van der Waals surface area contributed by atoms with Gasteiger partial charge in [-0.05, 0) is 23.6 Å². The molecule has 32 heavy (non-hydrogen) atoms. The quantitative estimate of drug-likeness (QED) is 0.686. The summed E-state index contributed by atoms with van der Waals surface area (Å²) in [5.41, 5.74) is 0.144. The van der Waals surface area contributed by atoms with Crippen LogP contribution in [0.15, 0.2) is 59.9 Å². The number of allylic oxidation sites excluding steroid dienone is 1. The molecule has 6 nitrogen and oxygen atoms in total. The zero-order chi connectivity index (χ0) is 22.8. The van der Waals surface area contributed by atoms with E-state index in [9.17, 15) is 14.4 Å². The summed E-state index contributed by atoms with van der Waals surface area (Å²) in [6.07, 6.45) is 0.801. The van der Waals surface area contributed by atoms with Crippen LogP contribution >= 0.6 is 0 Å². The van der Waals surface area contributed by atoms with Gasteiger partial charge in [0.25, 0.3) is 5.91 Å². The molecule has 1 spiro atoms. The summed E-state index contributed by atoms with van der Waals surface area (Å²) < 4.78 is 11.8. The van der Waals surface area contributed by atoms with Crippen LogP contribution < -0.4 is 9.64 Å². The number of Topliss-reactive ketones (excluding diaryl/α,β-unsaturated/α-hetero) is 2. The standard InChI is InChI=1S/C26H25NO5/c1-25(2)13-19(28)21-20(14-25)32-26(17-10-5-6-11-18(17)27(3)24(26)30)22(21)23(29)15-8-7-9-16(12-15)31-4/h5-12,22H,13-14H2,1-4H3/t22-,26+/m0/s1. The average Bonchev–Trinajstić information content (AvgIpc) is 3.21. The molecule has 0 saturated carbocycles. The number of amides is 1. The van der Waals surface area contributed by atoms with E-state index in [4.69, 9.17) is 9.47 Å². The number of hydrogen-bond acceptors (Lipinski definition) is 5. The predicted octanol–water partition coefficient (Wildman–Crippen LogP) is 4.04. The molecule has 1 amide bonds. The van der Waals surface area contributed by atoms with E-state index < -0.39 is 11.5 Å². The van der Waals surface area contributed by atoms with Crippen molar-refractivity contribution in [3.8, 4) is 5.75 Å². The van der Waals surface area contributed by atoms with Crippen molar-refractivity contribution in [1.82, 2.24) is 0 Å². The summed E-state index contributed by atoms with van der Waals surface area (Å²) in [6.45, 7) is 4.00. The van der Waals surface area contributed by atoms with Gasteiger partial charge in [-0.25, -0.2) is 0 Å². The summed E-state index contributed by atoms with van der Waals surface area (Å²) in [7, 11) is 3.21. The number of methoxy groups -OCH3 is 1. The van der Waals surface area contributed by atoms with Gasteiger partial charge >= 0.3 is 0 Å². The Morgan fingerprint density at radius 2 is 1.84 bits per heavy atom. The van der Waals surface area contributed by atoms with Gasteiger partial charge in [0.1, 0.15) is 17.4 Å². The zero-order valence-corrected chi connectivity index (χ0v) is 18.6. The maximum atomic E-state index is 14.0. The lowest BCUT2D eigenvalue weighted by molar-refractivity contribution is -0.139. The van der Waals surface area contributed by atoms with Gasteiger partial charge in [0.15, 0.2) is 11.6 Å². The summed E-state index contributed by atoms with van der Waals surface area (Å²) in [6, 6.07) is 14.1. The molecule has 0 aromatic heterocycles. The Kier molecular flexibility index (Phi) is 4.35. The zero-order valence-electron chi connectivity index (χ0n) is 18.6. The Balaban J connectivity index is 1.74. The lowest BCUT2D eigenvalue weighted by atomic mass is 9.69. The number of para-hydroxylation sites is 1. The van der Waals surface area contributed by atoms with Gasteiger partial charge in [-0.15, -0.1) is 0 Å². The van der Waals surface area contributed by atoms with Crippen molar-refractivity contribution in [3.63, 3.8) is 0 Å². The second-order valence-electron chi connectivity index (χ2n) is 9.53. The molecule has 0 bridgehead atoms. The number of benzene rings is 2. The van der Waals surface area contributed by atoms with Crippen LogP contribution in [0, 0.1) is 11.3 Å². The fourth-order valence-corrected chi connectivity index (χ4v) is 5.34. The molecule has 1 aliphatic carbocycles. The highest BCUT2D eigenvalue weighted by Crippen LogP contribution is 2.58. The summed E-state index contributed by atoms with van der Waals surface area (Å²) in [4.78, 5) is 42.6. The second kappa shape index (κ2) is 6.79. The van der Waals surface area contributed by atoms with Crippen molar-refractivity contribution in [3.05, 3.63) is 71.0 Å². The van der Waals surface area contributed by atoms with E-state index in [1.54, 1.807) is 31.3 Å². The average molecular weight is 431 g/mol. The molecule has 2 heterocycles. The monoisotopic (exact) mass is 431 g/mol. The third-order valence-electron chi connectivity index (χ3n) is 6.76. The van der Waals surface area contributed by atoms with Crippen LogP contribution in [0.5, 0.6) is 5.75 Å². The number of ketones is 2. The summed E-state index contributed by atoms with van der Waals surface area (Å²) >= 11 is 0. The highest BCUT2D eigenvalue weighted by atomic mass is 16.5. The third-order valence-corrected chi connectivity index (χ3v) is 6.76. The van der Waals surface area contributed by atoms with Crippen molar-refractivity contribution in [1.29, 1.82) is 0 Å². The number of ether oxygens (including phenoxy) is 2. The molecule has 2 aromatic carbocycles. The van der Waals surface area contributed by atoms with Gasteiger partial charge < -0.3 is 14.4 Å². The second-order valence-corrected chi connectivity index (χ2v) is 9.53. The molecule has 0 N–H and O–H groups in total. The molecule has 0 fully saturated rings. The molecule has 164 valence electrons. The van der Waals surface area contributed by atoms with E-state index in [-0.39, 0.29) is 22.9 Å². The first kappa shape index (κ1) is 20.5. The highest BCUT2D eigenvalue weighted by molar-refractivity contribution is 6.17. The summed E-state index contributed by atoms with van der Waals surface area (Å²) in [5.74, 6) is -0.836. The molecular formula is C26H25NO5. The van der Waals surface area contributed by atoms with Crippen molar-refractivity contribution in [2.24, 2.45) is 11.3 Å². The maximum absolute atomic E-state index is 14.0. The molecular weight excluding hydrogens is 406 g/mol. The van der Waals surface area contributed by atoms with Gasteiger partial charge in [0.05, 0.1) is 12.8 Å². The van der Waals surface area contributed by atoms with E-state index in [2.05, 4.69) is 0 Å². The molecule has 0 radical (unpaired) electrons. The van der Waals surface area contributed by atoms with Crippen LogP contribution in [0.2, 0.25) is 0 Å². The number of nitrogens with zero attached hydrogens (tertiary/aromatic N) is 1. The number of carbonyl (C=O) groups excluding carboxylic acids is 3. The topological polar surface area (TPSA) is 72.9 Å². The number of anilines is 1. The van der Waals surface area contributed by atoms with Gasteiger partial charge in [0, 0.05) is 36.6 Å². The molecule has 2 aliphatic heterocycles. The van der Waals surface area contributed by atoms with E-state index in [0.29, 0.717) is 46.7 Å². The van der Waals surface area contributed by atoms with E-state index in [1.165, 1.54) is 12.0 Å². The SMILES string of the molecule is COc1cccc(C(=O)[C@@H]2C3=C(CC(C)(C)CC3=O)O[C@@]23C(=O)N(C)c2ccccc23)c1. The fraction of sp³-hybridized carbons (Fsp3) is 0.346. The van der Waals surface area contributed by atoms with Crippen molar-refractivity contribution in [2.45, 2.75) is 32.3 Å². The number of rotatable bonds is 3. The molecule has 2 atom stereocenters. The van der Waals surface area contributed by atoms with Gasteiger partial charge in [-0.1, -0.05) is 44.2 Å². The van der Waals surface area contributed by atoms with Gasteiger partial charge in [-0.2, -0.15) is 0 Å². The minimum absolute atomic E-state index is 0.130. The predicted molar refractivity (Wildman–Crippen MR) is 118 cm³/mol. The molecule has 6 heteroatoms. The molecule has 5 rings (SSSR count). The molecule has 0 saturated heterocycles.